The summed E-state index contributed by atoms with van der Waals surface area (Å²) in [6.45, 7) is 8.52. The molecule has 38 heavy (non-hydrogen) atoms. The van der Waals surface area contributed by atoms with Gasteiger partial charge < -0.3 is 0 Å². The molecule has 0 saturated heterocycles. The molecule has 2 heterocycles. The molecule has 0 N–H and O–H groups in total. The molecule has 2 bridgehead atoms. The molecule has 9 rings (SSSR count). The zero-order valence-electron chi connectivity index (χ0n) is 21.7. The molecule has 4 heteroatoms. The number of hydrogen-bond donors (Lipinski definition) is 0. The molecule has 0 saturated carbocycles. The fourth-order valence-electron chi connectivity index (χ4n) is 7.16. The summed E-state index contributed by atoms with van der Waals surface area (Å²) < 4.78 is 0. The molecule has 0 aromatic heterocycles. The van der Waals surface area contributed by atoms with Crippen molar-refractivity contribution in [3.05, 3.63) is 140 Å². The van der Waals surface area contributed by atoms with Gasteiger partial charge in [-0.15, -0.1) is 0 Å². The number of rotatable bonds is 2. The van der Waals surface area contributed by atoms with Crippen LogP contribution in [0.4, 0.5) is 0 Å². The SMILES string of the molecule is CC(C)c1ccc2c(c1)C(=O)c1cccc3c1C21OOC32c3cc(C(C)C)ccc3C(=O)c3cccc1c32. The third-order valence-corrected chi connectivity index (χ3v) is 9.04. The Bertz CT molecular complexity index is 1780. The molecule has 2 aliphatic heterocycles. The van der Waals surface area contributed by atoms with E-state index in [1.165, 1.54) is 0 Å². The van der Waals surface area contributed by atoms with Gasteiger partial charge in [0, 0.05) is 55.6 Å². The average Bonchev–Trinajstić information content (AvgIpc) is 2.94. The van der Waals surface area contributed by atoms with Gasteiger partial charge in [0.25, 0.3) is 0 Å². The first-order valence-corrected chi connectivity index (χ1v) is 13.3. The fraction of sp³-hybridized carbons (Fsp3) is 0.235. The van der Waals surface area contributed by atoms with E-state index in [9.17, 15) is 9.59 Å². The smallest absolute Gasteiger partial charge is 0.193 e. The Kier molecular flexibility index (Phi) is 4.06. The Balaban J connectivity index is 1.55. The van der Waals surface area contributed by atoms with Crippen LogP contribution in [0.1, 0.15) is 116 Å². The summed E-state index contributed by atoms with van der Waals surface area (Å²) in [6.07, 6.45) is 0. The number of ketones is 2. The minimum Gasteiger partial charge on any atom is -0.289 e. The zero-order valence-corrected chi connectivity index (χ0v) is 21.7. The maximum Gasteiger partial charge on any atom is 0.193 e. The van der Waals surface area contributed by atoms with Gasteiger partial charge in [-0.1, -0.05) is 94.4 Å². The number of carbonyl (C=O) groups is 2. The molecule has 2 atom stereocenters. The fourth-order valence-corrected chi connectivity index (χ4v) is 7.16. The minimum absolute atomic E-state index is 0.00160. The lowest BCUT2D eigenvalue weighted by Gasteiger charge is -2.57. The summed E-state index contributed by atoms with van der Waals surface area (Å²) in [5.74, 6) is 0.530. The van der Waals surface area contributed by atoms with Gasteiger partial charge in [0.15, 0.2) is 22.8 Å². The molecule has 4 aromatic carbocycles. The van der Waals surface area contributed by atoms with Crippen molar-refractivity contribution < 1.29 is 19.4 Å². The van der Waals surface area contributed by atoms with Crippen molar-refractivity contribution in [3.8, 4) is 0 Å². The third kappa shape index (κ3) is 2.27. The van der Waals surface area contributed by atoms with Gasteiger partial charge in [-0.05, 0) is 29.0 Å². The van der Waals surface area contributed by atoms with Gasteiger partial charge in [-0.2, -0.15) is 0 Å². The maximum atomic E-state index is 14.1. The van der Waals surface area contributed by atoms with Crippen LogP contribution in [-0.4, -0.2) is 11.6 Å². The summed E-state index contributed by atoms with van der Waals surface area (Å²) >= 11 is 0. The van der Waals surface area contributed by atoms with Crippen molar-refractivity contribution in [2.45, 2.75) is 50.7 Å². The number of fused-ring (bicyclic) bond motifs is 3. The molecule has 5 aliphatic rings. The molecule has 0 radical (unpaired) electrons. The normalized spacial score (nSPS) is 23.3. The Morgan fingerprint density at radius 2 is 1.05 bits per heavy atom. The van der Waals surface area contributed by atoms with Gasteiger partial charge in [0.1, 0.15) is 0 Å². The van der Waals surface area contributed by atoms with Crippen molar-refractivity contribution in [2.75, 3.05) is 0 Å². The van der Waals surface area contributed by atoms with Crippen LogP contribution in [-0.2, 0) is 21.0 Å². The maximum absolute atomic E-state index is 14.1. The second-order valence-corrected chi connectivity index (χ2v) is 11.6. The highest BCUT2D eigenvalue weighted by Crippen LogP contribution is 2.66. The largest absolute Gasteiger partial charge is 0.289 e. The third-order valence-electron chi connectivity index (χ3n) is 9.04. The predicted octanol–water partition coefficient (Wildman–Crippen LogP) is 6.88. The van der Waals surface area contributed by atoms with Crippen molar-refractivity contribution in [3.63, 3.8) is 0 Å². The van der Waals surface area contributed by atoms with Crippen LogP contribution in [0.2, 0.25) is 0 Å². The first-order chi connectivity index (χ1) is 18.3. The summed E-state index contributed by atoms with van der Waals surface area (Å²) in [7, 11) is 0. The van der Waals surface area contributed by atoms with Crippen molar-refractivity contribution in [1.29, 1.82) is 0 Å². The quantitative estimate of drug-likeness (QED) is 0.283. The number of carbonyl (C=O) groups excluding carboxylic acids is 2. The first-order valence-electron chi connectivity index (χ1n) is 13.3. The highest BCUT2D eigenvalue weighted by atomic mass is 17.2. The van der Waals surface area contributed by atoms with E-state index >= 15 is 0 Å². The summed E-state index contributed by atoms with van der Waals surface area (Å²) in [4.78, 5) is 41.2. The summed E-state index contributed by atoms with van der Waals surface area (Å²) in [6, 6.07) is 23.8. The second-order valence-electron chi connectivity index (χ2n) is 11.6. The molecule has 2 spiro atoms. The highest BCUT2D eigenvalue weighted by molar-refractivity contribution is 6.16. The Hall–Kier alpha value is -3.86. The van der Waals surface area contributed by atoms with E-state index in [4.69, 9.17) is 9.78 Å². The van der Waals surface area contributed by atoms with E-state index in [-0.39, 0.29) is 23.4 Å². The van der Waals surface area contributed by atoms with E-state index in [1.807, 2.05) is 60.7 Å². The van der Waals surface area contributed by atoms with Crippen molar-refractivity contribution in [2.24, 2.45) is 0 Å². The number of hydrogen-bond acceptors (Lipinski definition) is 4. The van der Waals surface area contributed by atoms with Gasteiger partial charge >= 0.3 is 0 Å². The molecule has 4 aromatic rings. The minimum atomic E-state index is -1.14. The number of benzene rings is 4. The van der Waals surface area contributed by atoms with E-state index in [0.717, 1.165) is 44.5 Å². The lowest BCUT2D eigenvalue weighted by atomic mass is 9.55. The van der Waals surface area contributed by atoms with E-state index in [0.29, 0.717) is 22.3 Å². The highest BCUT2D eigenvalue weighted by Gasteiger charge is 2.66. The van der Waals surface area contributed by atoms with Gasteiger partial charge in [0.05, 0.1) is 0 Å². The standard InChI is InChI=1S/C34H26O4/c1-17(2)19-12-14-25-24(15-19)32(36)23-8-6-10-27-29(23)33(25)26-9-5-7-22-30(26)34(27,38-37-33)28-16-20(18(3)4)11-13-21(28)31(22)35/h5-18H,1-4H3. The molecule has 3 aliphatic carbocycles. The topological polar surface area (TPSA) is 52.6 Å². The van der Waals surface area contributed by atoms with Gasteiger partial charge in [0.2, 0.25) is 0 Å². The van der Waals surface area contributed by atoms with Crippen LogP contribution in [0.15, 0.2) is 72.8 Å². The molecule has 2 unspecified atom stereocenters. The molecular weight excluding hydrogens is 472 g/mol. The molecule has 0 amide bonds. The Labute approximate surface area is 221 Å². The van der Waals surface area contributed by atoms with Crippen LogP contribution in [0.3, 0.4) is 0 Å². The van der Waals surface area contributed by atoms with Crippen LogP contribution in [0.25, 0.3) is 0 Å². The average molecular weight is 499 g/mol. The molecule has 186 valence electrons. The van der Waals surface area contributed by atoms with Crippen LogP contribution >= 0.6 is 0 Å². The lowest BCUT2D eigenvalue weighted by molar-refractivity contribution is -0.410. The molecular formula is C34H26O4. The van der Waals surface area contributed by atoms with E-state index < -0.39 is 11.2 Å². The van der Waals surface area contributed by atoms with Crippen LogP contribution in [0, 0.1) is 0 Å². The Morgan fingerprint density at radius 3 is 1.66 bits per heavy atom. The predicted molar refractivity (Wildman–Crippen MR) is 143 cm³/mol. The zero-order chi connectivity index (χ0) is 26.1. The van der Waals surface area contributed by atoms with E-state index in [1.54, 1.807) is 0 Å². The van der Waals surface area contributed by atoms with E-state index in [2.05, 4.69) is 39.8 Å². The summed E-state index contributed by atoms with van der Waals surface area (Å²) in [5.41, 5.74) is 7.41. The van der Waals surface area contributed by atoms with Crippen molar-refractivity contribution in [1.82, 2.24) is 0 Å². The van der Waals surface area contributed by atoms with Crippen LogP contribution < -0.4 is 0 Å². The summed E-state index contributed by atoms with van der Waals surface area (Å²) in [5, 5.41) is 0. The van der Waals surface area contributed by atoms with Crippen molar-refractivity contribution >= 4 is 11.6 Å². The Morgan fingerprint density at radius 1 is 0.526 bits per heavy atom. The van der Waals surface area contributed by atoms with Crippen LogP contribution in [0.5, 0.6) is 0 Å². The van der Waals surface area contributed by atoms with Gasteiger partial charge in [-0.25, -0.2) is 9.78 Å². The second kappa shape index (κ2) is 6.96. The van der Waals surface area contributed by atoms with Gasteiger partial charge in [-0.3, -0.25) is 9.59 Å². The molecule has 0 fully saturated rings. The molecule has 4 nitrogen and oxygen atoms in total. The monoisotopic (exact) mass is 498 g/mol. The lowest BCUT2D eigenvalue weighted by Crippen LogP contribution is -2.58. The first kappa shape index (κ1) is 22.2.